The minimum atomic E-state index is -4.67. The first-order valence-electron chi connectivity index (χ1n) is 8.44. The van der Waals surface area contributed by atoms with Gasteiger partial charge in [-0.05, 0) is 61.4 Å². The van der Waals surface area contributed by atoms with Crippen molar-refractivity contribution >= 4 is 11.4 Å². The van der Waals surface area contributed by atoms with E-state index < -0.39 is 6.36 Å². The van der Waals surface area contributed by atoms with Crippen LogP contribution in [0.15, 0.2) is 48.5 Å². The van der Waals surface area contributed by atoms with Gasteiger partial charge in [0, 0.05) is 37.6 Å². The van der Waals surface area contributed by atoms with Gasteiger partial charge < -0.3 is 19.6 Å². The highest BCUT2D eigenvalue weighted by Gasteiger charge is 2.31. The van der Waals surface area contributed by atoms with Gasteiger partial charge in [0.05, 0.1) is 0 Å². The average Bonchev–Trinajstić information content (AvgIpc) is 2.61. The van der Waals surface area contributed by atoms with Gasteiger partial charge >= 0.3 is 6.36 Å². The maximum absolute atomic E-state index is 12.2. The van der Waals surface area contributed by atoms with Crippen LogP contribution in [0.2, 0.25) is 0 Å². The summed E-state index contributed by atoms with van der Waals surface area (Å²) < 4.78 is 40.6. The summed E-state index contributed by atoms with van der Waals surface area (Å²) in [5.41, 5.74) is 1.94. The Bertz CT molecular complexity index is 709. The second kappa shape index (κ2) is 7.35. The third kappa shape index (κ3) is 4.53. The first-order chi connectivity index (χ1) is 12.3. The van der Waals surface area contributed by atoms with Gasteiger partial charge in [0.2, 0.25) is 0 Å². The average molecular weight is 366 g/mol. The van der Waals surface area contributed by atoms with Gasteiger partial charge in [-0.3, -0.25) is 0 Å². The number of piperidine rings is 1. The highest BCUT2D eigenvalue weighted by atomic mass is 19.4. The van der Waals surface area contributed by atoms with E-state index in [1.165, 1.54) is 12.1 Å². The molecular formula is C19H21F3N2O2. The van der Waals surface area contributed by atoms with Crippen molar-refractivity contribution in [1.82, 2.24) is 0 Å². The van der Waals surface area contributed by atoms with Crippen molar-refractivity contribution in [2.45, 2.75) is 25.2 Å². The van der Waals surface area contributed by atoms with Gasteiger partial charge in [0.1, 0.15) is 11.5 Å². The number of aromatic hydroxyl groups is 1. The van der Waals surface area contributed by atoms with Crippen LogP contribution >= 0.6 is 0 Å². The Morgan fingerprint density at radius 3 is 2.12 bits per heavy atom. The lowest BCUT2D eigenvalue weighted by atomic mass is 10.0. The van der Waals surface area contributed by atoms with Gasteiger partial charge in [-0.2, -0.15) is 0 Å². The first kappa shape index (κ1) is 18.2. The molecule has 0 atom stereocenters. The van der Waals surface area contributed by atoms with Crippen LogP contribution in [-0.4, -0.2) is 37.6 Å². The SMILES string of the molecule is CN(c1ccc(O)cc1)C1CCN(c2ccc(OC(F)(F)F)cc2)CC1. The number of rotatable bonds is 4. The Labute approximate surface area is 150 Å². The zero-order valence-corrected chi connectivity index (χ0v) is 14.4. The molecule has 0 bridgehead atoms. The molecule has 1 heterocycles. The van der Waals surface area contributed by atoms with Crippen molar-refractivity contribution in [3.05, 3.63) is 48.5 Å². The van der Waals surface area contributed by atoms with Crippen molar-refractivity contribution < 1.29 is 23.0 Å². The summed E-state index contributed by atoms with van der Waals surface area (Å²) in [5, 5.41) is 9.39. The molecule has 26 heavy (non-hydrogen) atoms. The molecule has 2 aromatic rings. The number of benzene rings is 2. The van der Waals surface area contributed by atoms with Crippen LogP contribution in [-0.2, 0) is 0 Å². The maximum atomic E-state index is 12.2. The lowest BCUT2D eigenvalue weighted by Gasteiger charge is -2.39. The van der Waals surface area contributed by atoms with Gasteiger partial charge in [0.15, 0.2) is 0 Å². The minimum absolute atomic E-state index is 0.205. The standard InChI is InChI=1S/C19H21F3N2O2/c1-23(14-2-6-17(25)7-3-14)15-10-12-24(13-11-15)16-4-8-18(9-5-16)26-19(20,21)22/h2-9,15,25H,10-13H2,1H3. The smallest absolute Gasteiger partial charge is 0.508 e. The van der Waals surface area contributed by atoms with Crippen molar-refractivity contribution in [3.8, 4) is 11.5 Å². The summed E-state index contributed by atoms with van der Waals surface area (Å²) in [6.45, 7) is 1.65. The molecule has 2 aromatic carbocycles. The van der Waals surface area contributed by atoms with Gasteiger partial charge in [-0.25, -0.2) is 0 Å². The summed E-state index contributed by atoms with van der Waals surface area (Å²) in [6, 6.07) is 13.5. The van der Waals surface area contributed by atoms with E-state index in [4.69, 9.17) is 0 Å². The largest absolute Gasteiger partial charge is 0.573 e. The molecule has 0 aliphatic carbocycles. The second-order valence-corrected chi connectivity index (χ2v) is 6.39. The van der Waals surface area contributed by atoms with Crippen LogP contribution in [0, 0.1) is 0 Å². The number of phenolic OH excluding ortho intramolecular Hbond substituents is 1. The first-order valence-corrected chi connectivity index (χ1v) is 8.44. The molecule has 140 valence electrons. The number of anilines is 2. The van der Waals surface area contributed by atoms with E-state index in [1.54, 1.807) is 24.3 Å². The van der Waals surface area contributed by atoms with E-state index >= 15 is 0 Å². The molecule has 1 aliphatic rings. The third-order valence-electron chi connectivity index (χ3n) is 4.70. The Hall–Kier alpha value is -2.57. The fourth-order valence-corrected chi connectivity index (χ4v) is 3.27. The predicted molar refractivity (Wildman–Crippen MR) is 94.9 cm³/mol. The molecule has 1 N–H and O–H groups in total. The monoisotopic (exact) mass is 366 g/mol. The fraction of sp³-hybridized carbons (Fsp3) is 0.368. The quantitative estimate of drug-likeness (QED) is 0.870. The Kier molecular flexibility index (Phi) is 5.15. The molecule has 1 fully saturated rings. The van der Waals surface area contributed by atoms with Crippen LogP contribution in [0.3, 0.4) is 0 Å². The topological polar surface area (TPSA) is 35.9 Å². The van der Waals surface area contributed by atoms with Crippen molar-refractivity contribution in [2.75, 3.05) is 29.9 Å². The summed E-state index contributed by atoms with van der Waals surface area (Å²) in [7, 11) is 2.04. The molecule has 0 aromatic heterocycles. The number of nitrogens with zero attached hydrogens (tertiary/aromatic N) is 2. The number of ether oxygens (including phenoxy) is 1. The van der Waals surface area contributed by atoms with E-state index in [-0.39, 0.29) is 11.5 Å². The predicted octanol–water partition coefficient (Wildman–Crippen LogP) is 4.40. The van der Waals surface area contributed by atoms with E-state index in [2.05, 4.69) is 14.5 Å². The summed E-state index contributed by atoms with van der Waals surface area (Å²) in [6.07, 6.45) is -2.78. The Morgan fingerprint density at radius 1 is 1.00 bits per heavy atom. The van der Waals surface area contributed by atoms with Gasteiger partial charge in [0.25, 0.3) is 0 Å². The molecule has 0 radical (unpaired) electrons. The van der Waals surface area contributed by atoms with Crippen molar-refractivity contribution in [2.24, 2.45) is 0 Å². The van der Waals surface area contributed by atoms with Crippen molar-refractivity contribution in [3.63, 3.8) is 0 Å². The molecule has 1 saturated heterocycles. The van der Waals surface area contributed by atoms with Crippen LogP contribution in [0.1, 0.15) is 12.8 Å². The number of alkyl halides is 3. The molecule has 0 spiro atoms. The van der Waals surface area contributed by atoms with Gasteiger partial charge in [-0.15, -0.1) is 13.2 Å². The second-order valence-electron chi connectivity index (χ2n) is 6.39. The molecule has 1 aliphatic heterocycles. The number of hydrogen-bond donors (Lipinski definition) is 1. The zero-order valence-electron chi connectivity index (χ0n) is 14.4. The van der Waals surface area contributed by atoms with Gasteiger partial charge in [-0.1, -0.05) is 0 Å². The number of halogens is 3. The molecule has 3 rings (SSSR count). The van der Waals surface area contributed by atoms with Crippen LogP contribution < -0.4 is 14.5 Å². The summed E-state index contributed by atoms with van der Waals surface area (Å²) in [4.78, 5) is 4.37. The molecule has 7 heteroatoms. The zero-order chi connectivity index (χ0) is 18.7. The minimum Gasteiger partial charge on any atom is -0.508 e. The van der Waals surface area contributed by atoms with Crippen LogP contribution in [0.25, 0.3) is 0 Å². The van der Waals surface area contributed by atoms with E-state index in [9.17, 15) is 18.3 Å². The van der Waals surface area contributed by atoms with Crippen LogP contribution in [0.4, 0.5) is 24.5 Å². The number of phenols is 1. The fourth-order valence-electron chi connectivity index (χ4n) is 3.27. The van der Waals surface area contributed by atoms with Crippen LogP contribution in [0.5, 0.6) is 11.5 Å². The molecule has 0 unspecified atom stereocenters. The normalized spacial score (nSPS) is 15.8. The third-order valence-corrected chi connectivity index (χ3v) is 4.70. The lowest BCUT2D eigenvalue weighted by molar-refractivity contribution is -0.274. The Balaban J connectivity index is 1.57. The van der Waals surface area contributed by atoms with E-state index in [1.807, 2.05) is 19.2 Å². The molecule has 0 saturated carbocycles. The highest BCUT2D eigenvalue weighted by molar-refractivity contribution is 5.51. The van der Waals surface area contributed by atoms with E-state index in [0.29, 0.717) is 6.04 Å². The Morgan fingerprint density at radius 2 is 1.58 bits per heavy atom. The van der Waals surface area contributed by atoms with E-state index in [0.717, 1.165) is 37.3 Å². The maximum Gasteiger partial charge on any atom is 0.573 e. The highest BCUT2D eigenvalue weighted by Crippen LogP contribution is 2.29. The number of hydrogen-bond acceptors (Lipinski definition) is 4. The molecule has 4 nitrogen and oxygen atoms in total. The van der Waals surface area contributed by atoms with Crippen molar-refractivity contribution in [1.29, 1.82) is 0 Å². The summed E-state index contributed by atoms with van der Waals surface area (Å²) >= 11 is 0. The summed E-state index contributed by atoms with van der Waals surface area (Å²) in [5.74, 6) is 0.0399. The molecule has 0 amide bonds. The lowest BCUT2D eigenvalue weighted by Crippen LogP contribution is -2.43. The molecular weight excluding hydrogens is 345 g/mol.